The fourth-order valence-electron chi connectivity index (χ4n) is 5.66. The lowest BCUT2D eigenvalue weighted by molar-refractivity contribution is 0.0507. The Labute approximate surface area is 217 Å². The van der Waals surface area contributed by atoms with Gasteiger partial charge in [0.2, 0.25) is 0 Å². The summed E-state index contributed by atoms with van der Waals surface area (Å²) >= 11 is 0. The van der Waals surface area contributed by atoms with Crippen molar-refractivity contribution < 1.29 is 14.9 Å². The molecule has 1 atom stereocenters. The second-order valence-electron chi connectivity index (χ2n) is 12.3. The van der Waals surface area contributed by atoms with E-state index in [-0.39, 0.29) is 5.60 Å². The molecule has 0 fully saturated rings. The van der Waals surface area contributed by atoms with Crippen LogP contribution in [-0.2, 0) is 12.8 Å². The molecule has 0 aromatic heterocycles. The number of phenolic OH excluding ortho intramolecular Hbond substituents is 1. The molecule has 0 bridgehead atoms. The summed E-state index contributed by atoms with van der Waals surface area (Å²) in [5, 5.41) is 21.2. The number of phenols is 1. The number of ether oxygens (including phenoxy) is 1. The maximum atomic E-state index is 10.8. The van der Waals surface area contributed by atoms with E-state index in [0.717, 1.165) is 47.3 Å². The number of aliphatic hydroxyl groups is 1. The van der Waals surface area contributed by atoms with Crippen LogP contribution in [0.25, 0.3) is 0 Å². The highest BCUT2D eigenvalue weighted by atomic mass is 16.5. The van der Waals surface area contributed by atoms with E-state index in [1.54, 1.807) is 13.8 Å². The number of unbranched alkanes of at least 4 members (excludes halogenated alkanes) is 13. The van der Waals surface area contributed by atoms with E-state index in [0.29, 0.717) is 12.2 Å². The smallest absolute Gasteiger partial charge is 0.127 e. The minimum Gasteiger partial charge on any atom is -0.507 e. The molecule has 202 valence electrons. The molecule has 1 aliphatic heterocycles. The first-order chi connectivity index (χ1) is 16.6. The van der Waals surface area contributed by atoms with E-state index in [2.05, 4.69) is 20.8 Å². The molecule has 35 heavy (non-hydrogen) atoms. The summed E-state index contributed by atoms with van der Waals surface area (Å²) in [7, 11) is 0. The first kappa shape index (κ1) is 30.0. The van der Waals surface area contributed by atoms with Gasteiger partial charge in [-0.1, -0.05) is 90.4 Å². The molecule has 1 aromatic rings. The lowest BCUT2D eigenvalue weighted by atomic mass is 9.82. The molecule has 0 saturated heterocycles. The first-order valence-electron chi connectivity index (χ1n) is 14.8. The average molecular weight is 489 g/mol. The van der Waals surface area contributed by atoms with E-state index in [4.69, 9.17) is 4.74 Å². The van der Waals surface area contributed by atoms with Crippen LogP contribution in [0.4, 0.5) is 0 Å². The van der Waals surface area contributed by atoms with Crippen LogP contribution in [0.2, 0.25) is 0 Å². The van der Waals surface area contributed by atoms with E-state index >= 15 is 0 Å². The summed E-state index contributed by atoms with van der Waals surface area (Å²) in [6, 6.07) is 0. The molecule has 1 aromatic carbocycles. The molecule has 1 unspecified atom stereocenters. The third kappa shape index (κ3) is 9.98. The third-order valence-corrected chi connectivity index (χ3v) is 8.10. The lowest BCUT2D eigenvalue weighted by Gasteiger charge is -2.39. The zero-order chi connectivity index (χ0) is 25.9. The van der Waals surface area contributed by atoms with Crippen molar-refractivity contribution >= 4 is 0 Å². The van der Waals surface area contributed by atoms with E-state index in [9.17, 15) is 10.2 Å². The number of aromatic hydroxyl groups is 1. The van der Waals surface area contributed by atoms with Gasteiger partial charge in [-0.15, -0.1) is 0 Å². The Kier molecular flexibility index (Phi) is 12.4. The summed E-state index contributed by atoms with van der Waals surface area (Å²) < 4.78 is 6.66. The Balaban J connectivity index is 1.70. The summed E-state index contributed by atoms with van der Waals surface area (Å²) in [5.74, 6) is 1.29. The van der Waals surface area contributed by atoms with Gasteiger partial charge >= 0.3 is 0 Å². The average Bonchev–Trinajstić information content (AvgIpc) is 2.80. The van der Waals surface area contributed by atoms with Crippen molar-refractivity contribution in [3.05, 3.63) is 22.3 Å². The second kappa shape index (κ2) is 14.5. The molecule has 3 nitrogen and oxygen atoms in total. The molecular weight excluding hydrogens is 432 g/mol. The van der Waals surface area contributed by atoms with E-state index < -0.39 is 5.60 Å². The molecule has 0 radical (unpaired) electrons. The monoisotopic (exact) mass is 488 g/mol. The molecular formula is C32H56O3. The van der Waals surface area contributed by atoms with Gasteiger partial charge in [0.05, 0.1) is 5.60 Å². The fourth-order valence-corrected chi connectivity index (χ4v) is 5.66. The van der Waals surface area contributed by atoms with Gasteiger partial charge in [0.1, 0.15) is 17.1 Å². The Bertz CT molecular complexity index is 761. The normalized spacial score (nSPS) is 17.9. The Morgan fingerprint density at radius 2 is 1.29 bits per heavy atom. The lowest BCUT2D eigenvalue weighted by Crippen LogP contribution is -2.37. The van der Waals surface area contributed by atoms with Crippen LogP contribution in [0.3, 0.4) is 0 Å². The minimum absolute atomic E-state index is 0.135. The van der Waals surface area contributed by atoms with Crippen LogP contribution >= 0.6 is 0 Å². The largest absolute Gasteiger partial charge is 0.507 e. The van der Waals surface area contributed by atoms with Crippen molar-refractivity contribution in [2.24, 2.45) is 0 Å². The second-order valence-corrected chi connectivity index (χ2v) is 12.3. The number of hydrogen-bond acceptors (Lipinski definition) is 3. The van der Waals surface area contributed by atoms with Crippen molar-refractivity contribution in [3.8, 4) is 11.5 Å². The Morgan fingerprint density at radius 3 is 1.77 bits per heavy atom. The van der Waals surface area contributed by atoms with Gasteiger partial charge in [-0.3, -0.25) is 0 Å². The van der Waals surface area contributed by atoms with Gasteiger partial charge in [-0.2, -0.15) is 0 Å². The standard InChI is InChI=1S/C32H56O3/c1-7-8-9-10-11-12-13-14-15-16-17-18-19-20-22-32(6)23-21-27-28(24-31(4,5)34)29(33)25(2)26(3)30(27)35-32/h33-34H,7-24H2,1-6H3. The molecule has 2 rings (SSSR count). The molecule has 0 aliphatic carbocycles. The van der Waals surface area contributed by atoms with Crippen molar-refractivity contribution in [2.75, 3.05) is 0 Å². The number of rotatable bonds is 17. The van der Waals surface area contributed by atoms with Gasteiger partial charge < -0.3 is 14.9 Å². The van der Waals surface area contributed by atoms with Crippen LogP contribution in [0.15, 0.2) is 0 Å². The Morgan fingerprint density at radius 1 is 0.800 bits per heavy atom. The van der Waals surface area contributed by atoms with Crippen LogP contribution in [0.5, 0.6) is 11.5 Å². The van der Waals surface area contributed by atoms with Gasteiger partial charge in [-0.05, 0) is 71.4 Å². The van der Waals surface area contributed by atoms with E-state index in [1.807, 2.05) is 6.92 Å². The highest BCUT2D eigenvalue weighted by Crippen LogP contribution is 2.45. The predicted octanol–water partition coefficient (Wildman–Crippen LogP) is 9.28. The van der Waals surface area contributed by atoms with Crippen LogP contribution in [-0.4, -0.2) is 21.4 Å². The summed E-state index contributed by atoms with van der Waals surface area (Å²) in [6.45, 7) is 12.2. The van der Waals surface area contributed by atoms with Crippen LogP contribution in [0.1, 0.15) is 153 Å². The van der Waals surface area contributed by atoms with E-state index in [1.165, 1.54) is 89.9 Å². The number of fused-ring (bicyclic) bond motifs is 1. The maximum Gasteiger partial charge on any atom is 0.127 e. The molecule has 1 aliphatic rings. The Hall–Kier alpha value is -1.22. The fraction of sp³-hybridized carbons (Fsp3) is 0.812. The zero-order valence-electron chi connectivity index (χ0n) is 24.0. The highest BCUT2D eigenvalue weighted by molar-refractivity contribution is 5.59. The number of benzene rings is 1. The molecule has 0 spiro atoms. The summed E-state index contributed by atoms with van der Waals surface area (Å²) in [5.41, 5.74) is 2.90. The quantitative estimate of drug-likeness (QED) is 0.215. The molecule has 0 amide bonds. The molecule has 0 saturated carbocycles. The van der Waals surface area contributed by atoms with Crippen LogP contribution in [0, 0.1) is 13.8 Å². The topological polar surface area (TPSA) is 49.7 Å². The van der Waals surface area contributed by atoms with Gasteiger partial charge in [0.15, 0.2) is 0 Å². The van der Waals surface area contributed by atoms with Crippen molar-refractivity contribution in [2.45, 2.75) is 168 Å². The van der Waals surface area contributed by atoms with Gasteiger partial charge in [-0.25, -0.2) is 0 Å². The van der Waals surface area contributed by atoms with Crippen molar-refractivity contribution in [1.29, 1.82) is 0 Å². The van der Waals surface area contributed by atoms with Gasteiger partial charge in [0, 0.05) is 17.5 Å². The SMILES string of the molecule is CCCCCCCCCCCCCCCCC1(C)CCc2c(CC(C)(C)O)c(O)c(C)c(C)c2O1. The summed E-state index contributed by atoms with van der Waals surface area (Å²) in [4.78, 5) is 0. The predicted molar refractivity (Wildman–Crippen MR) is 150 cm³/mol. The van der Waals surface area contributed by atoms with Crippen molar-refractivity contribution in [3.63, 3.8) is 0 Å². The molecule has 1 heterocycles. The first-order valence-corrected chi connectivity index (χ1v) is 14.8. The maximum absolute atomic E-state index is 10.8. The minimum atomic E-state index is -0.859. The zero-order valence-corrected chi connectivity index (χ0v) is 24.0. The summed E-state index contributed by atoms with van der Waals surface area (Å²) in [6.07, 6.45) is 22.8. The third-order valence-electron chi connectivity index (χ3n) is 8.10. The molecule has 2 N–H and O–H groups in total. The van der Waals surface area contributed by atoms with Crippen LogP contribution < -0.4 is 4.74 Å². The highest BCUT2D eigenvalue weighted by Gasteiger charge is 2.35. The van der Waals surface area contributed by atoms with Gasteiger partial charge in [0.25, 0.3) is 0 Å². The molecule has 3 heteroatoms. The van der Waals surface area contributed by atoms with Crippen molar-refractivity contribution in [1.82, 2.24) is 0 Å². The number of hydrogen-bond donors (Lipinski definition) is 2.